The van der Waals surface area contributed by atoms with Crippen molar-refractivity contribution in [3.63, 3.8) is 0 Å². The molecule has 1 aliphatic heterocycles. The second-order valence-corrected chi connectivity index (χ2v) is 5.33. The Bertz CT molecular complexity index is 653. The van der Waals surface area contributed by atoms with Gasteiger partial charge >= 0.3 is 0 Å². The highest BCUT2D eigenvalue weighted by Gasteiger charge is 2.50. The predicted octanol–water partition coefficient (Wildman–Crippen LogP) is 1.43. The molecule has 4 nitrogen and oxygen atoms in total. The maximum atomic E-state index is 14.2. The van der Waals surface area contributed by atoms with Gasteiger partial charge in [0.15, 0.2) is 0 Å². The Morgan fingerprint density at radius 3 is 2.48 bits per heavy atom. The quantitative estimate of drug-likeness (QED) is 0.627. The van der Waals surface area contributed by atoms with Crippen molar-refractivity contribution in [1.29, 1.82) is 0 Å². The van der Waals surface area contributed by atoms with Crippen LogP contribution in [0.3, 0.4) is 0 Å². The van der Waals surface area contributed by atoms with Crippen LogP contribution in [0, 0.1) is 29.5 Å². The highest BCUT2D eigenvalue weighted by atomic mass is 19.1. The van der Waals surface area contributed by atoms with E-state index in [4.69, 9.17) is 5.73 Å². The number of amides is 2. The van der Waals surface area contributed by atoms with E-state index < -0.39 is 5.82 Å². The molecule has 0 bridgehead atoms. The van der Waals surface area contributed by atoms with Gasteiger partial charge in [-0.25, -0.2) is 9.29 Å². The fraction of sp³-hybridized carbons (Fsp3) is 0.375. The Hall–Kier alpha value is -2.19. The summed E-state index contributed by atoms with van der Waals surface area (Å²) >= 11 is 0. The molecule has 0 aromatic heterocycles. The molecular formula is C16H15FN2O2. The smallest absolute Gasteiger partial charge is 0.237 e. The summed E-state index contributed by atoms with van der Waals surface area (Å²) in [6, 6.07) is 4.26. The van der Waals surface area contributed by atoms with E-state index in [0.29, 0.717) is 18.4 Å². The zero-order chi connectivity index (χ0) is 15.0. The van der Waals surface area contributed by atoms with E-state index >= 15 is 0 Å². The molecular weight excluding hydrogens is 271 g/mol. The first-order valence-corrected chi connectivity index (χ1v) is 7.00. The van der Waals surface area contributed by atoms with Crippen molar-refractivity contribution in [2.24, 2.45) is 17.6 Å². The van der Waals surface area contributed by atoms with Crippen LogP contribution in [0.5, 0.6) is 0 Å². The number of anilines is 1. The molecule has 3 rings (SSSR count). The minimum atomic E-state index is -0.611. The van der Waals surface area contributed by atoms with Crippen LogP contribution in [0.4, 0.5) is 10.1 Å². The van der Waals surface area contributed by atoms with Crippen LogP contribution in [0.15, 0.2) is 18.2 Å². The summed E-state index contributed by atoms with van der Waals surface area (Å²) in [5.74, 6) is 3.65. The Morgan fingerprint density at radius 1 is 1.24 bits per heavy atom. The number of hydrogen-bond acceptors (Lipinski definition) is 3. The van der Waals surface area contributed by atoms with E-state index in [-0.39, 0.29) is 35.9 Å². The topological polar surface area (TPSA) is 63.4 Å². The van der Waals surface area contributed by atoms with Crippen molar-refractivity contribution in [3.05, 3.63) is 29.6 Å². The molecule has 1 aromatic rings. The van der Waals surface area contributed by atoms with E-state index in [2.05, 4.69) is 11.8 Å². The summed E-state index contributed by atoms with van der Waals surface area (Å²) < 4.78 is 14.2. The van der Waals surface area contributed by atoms with Crippen molar-refractivity contribution in [3.8, 4) is 11.8 Å². The van der Waals surface area contributed by atoms with Crippen molar-refractivity contribution >= 4 is 17.5 Å². The average Bonchev–Trinajstić information content (AvgIpc) is 3.03. The molecule has 2 aliphatic rings. The van der Waals surface area contributed by atoms with Gasteiger partial charge in [0.05, 0.1) is 24.1 Å². The number of benzene rings is 1. The summed E-state index contributed by atoms with van der Waals surface area (Å²) in [5.41, 5.74) is 5.77. The van der Waals surface area contributed by atoms with Crippen molar-refractivity contribution in [1.82, 2.24) is 0 Å². The summed E-state index contributed by atoms with van der Waals surface area (Å²) in [7, 11) is 0. The maximum absolute atomic E-state index is 14.2. The zero-order valence-electron chi connectivity index (χ0n) is 11.4. The summed E-state index contributed by atoms with van der Waals surface area (Å²) in [6.07, 6.45) is 2.32. The third-order valence-corrected chi connectivity index (χ3v) is 4.11. The number of nitrogens with zero attached hydrogens (tertiary/aromatic N) is 1. The second-order valence-electron chi connectivity index (χ2n) is 5.33. The fourth-order valence-corrected chi connectivity index (χ4v) is 3.15. The van der Waals surface area contributed by atoms with Gasteiger partial charge in [-0.2, -0.15) is 0 Å². The standard InChI is InChI=1S/C16H15FN2O2/c17-13-9-10(3-2-8-18)6-7-14(13)19-15(20)11-4-1-5-12(11)16(19)21/h6-7,9,11-12H,1,4-5,8,18H2. The molecule has 5 heteroatoms. The zero-order valence-corrected chi connectivity index (χ0v) is 11.4. The minimum absolute atomic E-state index is 0.0256. The van der Waals surface area contributed by atoms with E-state index in [1.165, 1.54) is 12.1 Å². The van der Waals surface area contributed by atoms with E-state index in [1.54, 1.807) is 6.07 Å². The first kappa shape index (κ1) is 13.8. The number of hydrogen-bond donors (Lipinski definition) is 1. The fourth-order valence-electron chi connectivity index (χ4n) is 3.15. The third kappa shape index (κ3) is 2.22. The number of imide groups is 1. The van der Waals surface area contributed by atoms with Crippen LogP contribution < -0.4 is 10.6 Å². The highest BCUT2D eigenvalue weighted by molar-refractivity contribution is 6.22. The average molecular weight is 286 g/mol. The van der Waals surface area contributed by atoms with Crippen LogP contribution in [-0.2, 0) is 9.59 Å². The third-order valence-electron chi connectivity index (χ3n) is 4.11. The molecule has 2 amide bonds. The monoisotopic (exact) mass is 286 g/mol. The Labute approximate surface area is 122 Å². The molecule has 1 saturated heterocycles. The lowest BCUT2D eigenvalue weighted by atomic mass is 10.00. The van der Waals surface area contributed by atoms with E-state index in [9.17, 15) is 14.0 Å². The molecule has 21 heavy (non-hydrogen) atoms. The Morgan fingerprint density at radius 2 is 1.90 bits per heavy atom. The van der Waals surface area contributed by atoms with Crippen molar-refractivity contribution < 1.29 is 14.0 Å². The predicted molar refractivity (Wildman–Crippen MR) is 75.7 cm³/mol. The molecule has 1 aromatic carbocycles. The molecule has 1 saturated carbocycles. The minimum Gasteiger partial charge on any atom is -0.320 e. The summed E-state index contributed by atoms with van der Waals surface area (Å²) in [4.78, 5) is 25.6. The summed E-state index contributed by atoms with van der Waals surface area (Å²) in [6.45, 7) is 0.190. The van der Waals surface area contributed by atoms with Gasteiger partial charge in [-0.1, -0.05) is 18.3 Å². The summed E-state index contributed by atoms with van der Waals surface area (Å²) in [5, 5.41) is 0. The molecule has 1 heterocycles. The van der Waals surface area contributed by atoms with Gasteiger partial charge in [0.2, 0.25) is 11.8 Å². The SMILES string of the molecule is NCC#Cc1ccc(N2C(=O)C3CCCC3C2=O)c(F)c1. The van der Waals surface area contributed by atoms with Gasteiger partial charge in [0.1, 0.15) is 5.82 Å². The molecule has 0 spiro atoms. The molecule has 2 fully saturated rings. The number of nitrogens with two attached hydrogens (primary N) is 1. The normalized spacial score (nSPS) is 24.0. The van der Waals surface area contributed by atoms with Gasteiger partial charge in [-0.05, 0) is 31.0 Å². The van der Waals surface area contributed by atoms with Gasteiger partial charge in [0, 0.05) is 5.56 Å². The molecule has 2 N–H and O–H groups in total. The number of carbonyl (C=O) groups excluding carboxylic acids is 2. The van der Waals surface area contributed by atoms with Crippen LogP contribution >= 0.6 is 0 Å². The Kier molecular flexibility index (Phi) is 3.48. The number of carbonyl (C=O) groups is 2. The molecule has 1 aliphatic carbocycles. The van der Waals surface area contributed by atoms with Gasteiger partial charge in [0.25, 0.3) is 0 Å². The molecule has 2 unspecified atom stereocenters. The maximum Gasteiger partial charge on any atom is 0.237 e. The van der Waals surface area contributed by atoms with Crippen LogP contribution in [0.1, 0.15) is 24.8 Å². The van der Waals surface area contributed by atoms with E-state index in [1.807, 2.05) is 0 Å². The number of halogens is 1. The van der Waals surface area contributed by atoms with Gasteiger partial charge in [-0.15, -0.1) is 0 Å². The molecule has 0 radical (unpaired) electrons. The molecule has 2 atom stereocenters. The van der Waals surface area contributed by atoms with Crippen molar-refractivity contribution in [2.45, 2.75) is 19.3 Å². The van der Waals surface area contributed by atoms with Crippen LogP contribution in [0.2, 0.25) is 0 Å². The van der Waals surface area contributed by atoms with Crippen LogP contribution in [-0.4, -0.2) is 18.4 Å². The number of fused-ring (bicyclic) bond motifs is 1. The second kappa shape index (κ2) is 5.30. The lowest BCUT2D eigenvalue weighted by Crippen LogP contribution is -2.32. The first-order chi connectivity index (χ1) is 10.1. The largest absolute Gasteiger partial charge is 0.320 e. The lowest BCUT2D eigenvalue weighted by Gasteiger charge is -2.16. The Balaban J connectivity index is 1.94. The van der Waals surface area contributed by atoms with Crippen LogP contribution in [0.25, 0.3) is 0 Å². The molecule has 108 valence electrons. The van der Waals surface area contributed by atoms with Crippen molar-refractivity contribution in [2.75, 3.05) is 11.4 Å². The van der Waals surface area contributed by atoms with Gasteiger partial charge < -0.3 is 5.73 Å². The number of rotatable bonds is 1. The first-order valence-electron chi connectivity index (χ1n) is 7.00. The van der Waals surface area contributed by atoms with E-state index in [0.717, 1.165) is 11.3 Å². The highest BCUT2D eigenvalue weighted by Crippen LogP contribution is 2.42. The lowest BCUT2D eigenvalue weighted by molar-refractivity contribution is -0.122. The van der Waals surface area contributed by atoms with Gasteiger partial charge in [-0.3, -0.25) is 9.59 Å².